The first-order valence-corrected chi connectivity index (χ1v) is 11.4. The molecule has 1 amide bonds. The molecule has 1 heterocycles. The molecule has 1 N–H and O–H groups in total. The van der Waals surface area contributed by atoms with Gasteiger partial charge in [-0.05, 0) is 42.3 Å². The predicted octanol–water partition coefficient (Wildman–Crippen LogP) is 5.75. The Labute approximate surface area is 201 Å². The van der Waals surface area contributed by atoms with Gasteiger partial charge in [-0.2, -0.15) is 5.26 Å². The molecule has 34 heavy (non-hydrogen) atoms. The Hall–Kier alpha value is -3.96. The van der Waals surface area contributed by atoms with Crippen LogP contribution in [0.1, 0.15) is 39.7 Å². The molecule has 0 bridgehead atoms. The van der Waals surface area contributed by atoms with E-state index in [4.69, 9.17) is 9.47 Å². The maximum atomic E-state index is 13.7. The topological polar surface area (TPSA) is 88.4 Å². The van der Waals surface area contributed by atoms with E-state index in [0.29, 0.717) is 21.9 Å². The van der Waals surface area contributed by atoms with Crippen molar-refractivity contribution in [2.75, 3.05) is 12.4 Å². The number of methoxy groups -OCH3 is 1. The molecule has 3 rings (SSSR count). The normalized spacial score (nSPS) is 10.9. The molecule has 8 heteroatoms. The number of aryl methyl sites for hydroxylation is 1. The molecule has 0 spiro atoms. The van der Waals surface area contributed by atoms with E-state index in [1.54, 1.807) is 48.5 Å². The second kappa shape index (κ2) is 11.8. The van der Waals surface area contributed by atoms with Crippen LogP contribution in [0.4, 0.5) is 9.39 Å². The van der Waals surface area contributed by atoms with Crippen LogP contribution in [0.5, 0.6) is 5.75 Å². The molecular formula is C26H23FN2O4S. The number of rotatable bonds is 9. The Morgan fingerprint density at radius 2 is 1.91 bits per heavy atom. The first kappa shape index (κ1) is 24.7. The molecular weight excluding hydrogens is 455 g/mol. The number of carbonyl (C=O) groups excluding carboxylic acids is 2. The zero-order valence-electron chi connectivity index (χ0n) is 18.8. The van der Waals surface area contributed by atoms with E-state index in [1.807, 2.05) is 13.0 Å². The molecule has 174 valence electrons. The van der Waals surface area contributed by atoms with Crippen LogP contribution in [0.2, 0.25) is 0 Å². The number of nitrogens with one attached hydrogen (secondary N) is 1. The highest BCUT2D eigenvalue weighted by Gasteiger charge is 2.20. The van der Waals surface area contributed by atoms with Gasteiger partial charge in [-0.15, -0.1) is 11.3 Å². The number of nitrogens with zero attached hydrogens (tertiary/aromatic N) is 1. The molecule has 3 aromatic rings. The molecule has 0 saturated carbocycles. The number of ether oxygens (including phenoxy) is 2. The molecule has 2 aromatic carbocycles. The minimum atomic E-state index is -0.627. The summed E-state index contributed by atoms with van der Waals surface area (Å²) in [6.07, 6.45) is 3.09. The maximum absolute atomic E-state index is 13.7. The number of esters is 1. The third kappa shape index (κ3) is 6.30. The van der Waals surface area contributed by atoms with E-state index in [-0.39, 0.29) is 23.6 Å². The summed E-state index contributed by atoms with van der Waals surface area (Å²) < 4.78 is 24.1. The van der Waals surface area contributed by atoms with Crippen LogP contribution in [0.25, 0.3) is 6.08 Å². The van der Waals surface area contributed by atoms with Gasteiger partial charge in [-0.25, -0.2) is 9.18 Å². The lowest BCUT2D eigenvalue weighted by Crippen LogP contribution is -2.15. The summed E-state index contributed by atoms with van der Waals surface area (Å²) in [6, 6.07) is 16.7. The second-order valence-corrected chi connectivity index (χ2v) is 8.41. The molecule has 6 nitrogen and oxygen atoms in total. The van der Waals surface area contributed by atoms with Crippen LogP contribution in [-0.2, 0) is 22.6 Å². The van der Waals surface area contributed by atoms with Crippen molar-refractivity contribution in [2.45, 2.75) is 26.4 Å². The van der Waals surface area contributed by atoms with Crippen molar-refractivity contribution in [3.05, 3.63) is 87.6 Å². The number of hydrogen-bond acceptors (Lipinski definition) is 6. The van der Waals surface area contributed by atoms with Gasteiger partial charge in [0.25, 0.3) is 5.91 Å². The highest BCUT2D eigenvalue weighted by Crippen LogP contribution is 2.30. The smallest absolute Gasteiger partial charge is 0.340 e. The molecule has 1 aromatic heterocycles. The number of anilines is 1. The lowest BCUT2D eigenvalue weighted by atomic mass is 10.1. The minimum Gasteiger partial charge on any atom is -0.489 e. The van der Waals surface area contributed by atoms with Crippen LogP contribution in [0.15, 0.2) is 60.2 Å². The molecule has 0 aliphatic heterocycles. The van der Waals surface area contributed by atoms with Gasteiger partial charge in [0.2, 0.25) is 0 Å². The van der Waals surface area contributed by atoms with Crippen LogP contribution >= 0.6 is 11.3 Å². The van der Waals surface area contributed by atoms with Crippen LogP contribution in [0.3, 0.4) is 0 Å². The Morgan fingerprint density at radius 3 is 2.56 bits per heavy atom. The molecule has 0 fully saturated rings. The third-order valence-electron chi connectivity index (χ3n) is 4.82. The number of amides is 1. The highest BCUT2D eigenvalue weighted by molar-refractivity contribution is 7.16. The van der Waals surface area contributed by atoms with E-state index >= 15 is 0 Å². The fourth-order valence-electron chi connectivity index (χ4n) is 3.09. The average Bonchev–Trinajstić information content (AvgIpc) is 3.24. The number of halogens is 1. The van der Waals surface area contributed by atoms with E-state index in [1.165, 1.54) is 30.6 Å². The predicted molar refractivity (Wildman–Crippen MR) is 129 cm³/mol. The summed E-state index contributed by atoms with van der Waals surface area (Å²) in [6.45, 7) is 2.10. The molecule has 0 radical (unpaired) electrons. The standard InChI is InChI=1S/C26H23FN2O4S/c1-3-6-21-14-22(26(31)32-2)25(34-21)29-24(30)19(15-28)13-17-9-11-20(12-10-17)33-16-18-7-4-5-8-23(18)27/h4-5,7-14H,3,6,16H2,1-2H3,(H,29,30). The molecule has 0 aliphatic rings. The SMILES string of the molecule is CCCc1cc(C(=O)OC)c(NC(=O)C(C#N)=Cc2ccc(OCc3ccccc3F)cc2)s1. The Bertz CT molecular complexity index is 1240. The zero-order valence-corrected chi connectivity index (χ0v) is 19.6. The van der Waals surface area contributed by atoms with Crippen molar-refractivity contribution in [1.29, 1.82) is 5.26 Å². The van der Waals surface area contributed by atoms with Crippen LogP contribution < -0.4 is 10.1 Å². The van der Waals surface area contributed by atoms with E-state index in [2.05, 4.69) is 5.32 Å². The number of benzene rings is 2. The van der Waals surface area contributed by atoms with Gasteiger partial charge in [0.1, 0.15) is 34.8 Å². The van der Waals surface area contributed by atoms with Crippen molar-refractivity contribution >= 4 is 34.3 Å². The van der Waals surface area contributed by atoms with Gasteiger partial charge in [-0.1, -0.05) is 43.7 Å². The average molecular weight is 479 g/mol. The lowest BCUT2D eigenvalue weighted by molar-refractivity contribution is -0.112. The fraction of sp³-hybridized carbons (Fsp3) is 0.192. The fourth-order valence-corrected chi connectivity index (χ4v) is 4.23. The van der Waals surface area contributed by atoms with E-state index in [0.717, 1.165) is 17.7 Å². The lowest BCUT2D eigenvalue weighted by Gasteiger charge is -2.07. The third-order valence-corrected chi connectivity index (χ3v) is 5.93. The number of thiophene rings is 1. The maximum Gasteiger partial charge on any atom is 0.340 e. The largest absolute Gasteiger partial charge is 0.489 e. The van der Waals surface area contributed by atoms with Gasteiger partial charge >= 0.3 is 5.97 Å². The highest BCUT2D eigenvalue weighted by atomic mass is 32.1. The van der Waals surface area contributed by atoms with Crippen LogP contribution in [-0.4, -0.2) is 19.0 Å². The molecule has 0 saturated heterocycles. The Kier molecular flexibility index (Phi) is 8.54. The minimum absolute atomic E-state index is 0.0804. The Balaban J connectivity index is 1.71. The first-order valence-electron chi connectivity index (χ1n) is 10.6. The van der Waals surface area contributed by atoms with Gasteiger partial charge in [0, 0.05) is 10.4 Å². The summed E-state index contributed by atoms with van der Waals surface area (Å²) in [7, 11) is 1.27. The number of nitriles is 1. The van der Waals surface area contributed by atoms with Gasteiger partial charge in [-0.3, -0.25) is 4.79 Å². The number of carbonyl (C=O) groups is 2. The summed E-state index contributed by atoms with van der Waals surface area (Å²) in [5.41, 5.74) is 1.19. The Morgan fingerprint density at radius 1 is 1.18 bits per heavy atom. The summed E-state index contributed by atoms with van der Waals surface area (Å²) in [5.74, 6) is -0.998. The molecule has 0 atom stereocenters. The zero-order chi connectivity index (χ0) is 24.5. The van der Waals surface area contributed by atoms with Crippen molar-refractivity contribution in [3.63, 3.8) is 0 Å². The quantitative estimate of drug-likeness (QED) is 0.240. The monoisotopic (exact) mass is 478 g/mol. The van der Waals surface area contributed by atoms with Crippen molar-refractivity contribution < 1.29 is 23.5 Å². The van der Waals surface area contributed by atoms with Gasteiger partial charge < -0.3 is 14.8 Å². The van der Waals surface area contributed by atoms with Crippen molar-refractivity contribution in [1.82, 2.24) is 0 Å². The van der Waals surface area contributed by atoms with Gasteiger partial charge in [0.15, 0.2) is 0 Å². The van der Waals surface area contributed by atoms with E-state index in [9.17, 15) is 19.2 Å². The summed E-state index contributed by atoms with van der Waals surface area (Å²) in [4.78, 5) is 25.7. The first-order chi connectivity index (χ1) is 16.4. The molecule has 0 aliphatic carbocycles. The van der Waals surface area contributed by atoms with Crippen molar-refractivity contribution in [3.8, 4) is 11.8 Å². The summed E-state index contributed by atoms with van der Waals surface area (Å²) in [5, 5.41) is 12.5. The van der Waals surface area contributed by atoms with Crippen LogP contribution in [0, 0.1) is 17.1 Å². The van der Waals surface area contributed by atoms with Gasteiger partial charge in [0.05, 0.1) is 12.7 Å². The van der Waals surface area contributed by atoms with Crippen molar-refractivity contribution in [2.24, 2.45) is 0 Å². The van der Waals surface area contributed by atoms with E-state index < -0.39 is 11.9 Å². The molecule has 0 unspecified atom stereocenters. The summed E-state index contributed by atoms with van der Waals surface area (Å²) >= 11 is 1.28. The number of hydrogen-bond donors (Lipinski definition) is 1. The second-order valence-electron chi connectivity index (χ2n) is 7.27.